The summed E-state index contributed by atoms with van der Waals surface area (Å²) in [7, 11) is 4.16. The molecule has 1 saturated carbocycles. The summed E-state index contributed by atoms with van der Waals surface area (Å²) < 4.78 is 0. The average Bonchev–Trinajstić information content (AvgIpc) is 2.97. The second-order valence-electron chi connectivity index (χ2n) is 6.02. The first-order valence-electron chi connectivity index (χ1n) is 7.34. The summed E-state index contributed by atoms with van der Waals surface area (Å²) in [5.41, 5.74) is 1.83. The number of pyridine rings is 1. The lowest BCUT2D eigenvalue weighted by molar-refractivity contribution is -0.00388. The Bertz CT molecular complexity index is 597. The highest BCUT2D eigenvalue weighted by Crippen LogP contribution is 2.44. The molecule has 3 rings (SSSR count). The van der Waals surface area contributed by atoms with E-state index < -0.39 is 6.10 Å². The number of hydrogen-bond acceptors (Lipinski definition) is 3. The van der Waals surface area contributed by atoms with E-state index in [-0.39, 0.29) is 5.54 Å². The Hall–Kier alpha value is -1.45. The lowest BCUT2D eigenvalue weighted by atomic mass is 9.83. The van der Waals surface area contributed by atoms with E-state index in [9.17, 15) is 5.11 Å². The molecule has 2 aromatic rings. The Morgan fingerprint density at radius 3 is 2.60 bits per heavy atom. The lowest BCUT2D eigenvalue weighted by Gasteiger charge is -2.41. The zero-order chi connectivity index (χ0) is 14.2. The predicted molar refractivity (Wildman–Crippen MR) is 81.6 cm³/mol. The molecule has 3 heteroatoms. The van der Waals surface area contributed by atoms with E-state index >= 15 is 0 Å². The lowest BCUT2D eigenvalue weighted by Crippen LogP contribution is -2.47. The Balaban J connectivity index is 2.10. The van der Waals surface area contributed by atoms with Crippen molar-refractivity contribution in [2.24, 2.45) is 0 Å². The van der Waals surface area contributed by atoms with Gasteiger partial charge in [0.05, 0.1) is 17.2 Å². The van der Waals surface area contributed by atoms with Crippen molar-refractivity contribution in [1.29, 1.82) is 0 Å². The smallest absolute Gasteiger partial charge is 0.0979 e. The van der Waals surface area contributed by atoms with Crippen LogP contribution in [0.4, 0.5) is 0 Å². The molecule has 0 radical (unpaired) electrons. The summed E-state index contributed by atoms with van der Waals surface area (Å²) in [6.45, 7) is 0. The van der Waals surface area contributed by atoms with Crippen LogP contribution in [-0.4, -0.2) is 34.6 Å². The topological polar surface area (TPSA) is 36.4 Å². The van der Waals surface area contributed by atoms with Gasteiger partial charge in [0.15, 0.2) is 0 Å². The summed E-state index contributed by atoms with van der Waals surface area (Å²) >= 11 is 0. The Morgan fingerprint density at radius 1 is 1.15 bits per heavy atom. The summed E-state index contributed by atoms with van der Waals surface area (Å²) in [6, 6.07) is 10.0. The van der Waals surface area contributed by atoms with Gasteiger partial charge in [-0.25, -0.2) is 0 Å². The number of aliphatic hydroxyl groups excluding tert-OH is 1. The highest BCUT2D eigenvalue weighted by molar-refractivity contribution is 5.82. The van der Waals surface area contributed by atoms with Gasteiger partial charge in [-0.2, -0.15) is 0 Å². The quantitative estimate of drug-likeness (QED) is 0.931. The van der Waals surface area contributed by atoms with E-state index in [4.69, 9.17) is 0 Å². The van der Waals surface area contributed by atoms with E-state index in [2.05, 4.69) is 30.0 Å². The normalized spacial score (nSPS) is 19.6. The molecule has 0 amide bonds. The largest absolute Gasteiger partial charge is 0.386 e. The van der Waals surface area contributed by atoms with Crippen LogP contribution in [-0.2, 0) is 0 Å². The van der Waals surface area contributed by atoms with Crippen LogP contribution in [0.5, 0.6) is 0 Å². The molecule has 1 aromatic heterocycles. The number of fused-ring (bicyclic) bond motifs is 1. The van der Waals surface area contributed by atoms with Gasteiger partial charge in [-0.1, -0.05) is 31.0 Å². The molecule has 1 unspecified atom stereocenters. The van der Waals surface area contributed by atoms with Crippen molar-refractivity contribution in [1.82, 2.24) is 9.88 Å². The molecular formula is C17H22N2O. The van der Waals surface area contributed by atoms with Gasteiger partial charge < -0.3 is 10.0 Å². The van der Waals surface area contributed by atoms with Crippen molar-refractivity contribution in [3.05, 3.63) is 42.1 Å². The van der Waals surface area contributed by atoms with Crippen LogP contribution in [0.15, 0.2) is 36.5 Å². The highest BCUT2D eigenvalue weighted by atomic mass is 16.3. The molecule has 1 aliphatic rings. The molecule has 1 aromatic carbocycles. The molecule has 20 heavy (non-hydrogen) atoms. The first kappa shape index (κ1) is 13.5. The van der Waals surface area contributed by atoms with E-state index in [1.54, 1.807) is 6.20 Å². The van der Waals surface area contributed by atoms with E-state index in [1.807, 2.05) is 24.3 Å². The van der Waals surface area contributed by atoms with Crippen LogP contribution in [0.25, 0.3) is 10.9 Å². The van der Waals surface area contributed by atoms with Gasteiger partial charge in [0.2, 0.25) is 0 Å². The zero-order valence-electron chi connectivity index (χ0n) is 12.2. The molecule has 1 heterocycles. The zero-order valence-corrected chi connectivity index (χ0v) is 12.2. The number of hydrogen-bond donors (Lipinski definition) is 1. The van der Waals surface area contributed by atoms with Crippen molar-refractivity contribution in [3.63, 3.8) is 0 Å². The maximum Gasteiger partial charge on any atom is 0.0979 e. The van der Waals surface area contributed by atoms with E-state index in [0.29, 0.717) is 0 Å². The van der Waals surface area contributed by atoms with Crippen LogP contribution >= 0.6 is 0 Å². The van der Waals surface area contributed by atoms with Crippen molar-refractivity contribution < 1.29 is 5.11 Å². The number of rotatable bonds is 3. The Labute approximate surface area is 120 Å². The molecule has 0 bridgehead atoms. The van der Waals surface area contributed by atoms with Crippen LogP contribution in [0.2, 0.25) is 0 Å². The van der Waals surface area contributed by atoms with E-state index in [0.717, 1.165) is 29.3 Å². The van der Waals surface area contributed by atoms with Gasteiger partial charge in [0, 0.05) is 11.6 Å². The fourth-order valence-corrected chi connectivity index (χ4v) is 3.61. The first-order chi connectivity index (χ1) is 9.65. The number of likely N-dealkylation sites (N-methyl/N-ethyl adjacent to an activating group) is 1. The van der Waals surface area contributed by atoms with Crippen LogP contribution in [0.1, 0.15) is 37.4 Å². The van der Waals surface area contributed by atoms with Gasteiger partial charge >= 0.3 is 0 Å². The van der Waals surface area contributed by atoms with Crippen molar-refractivity contribution >= 4 is 10.9 Å². The monoisotopic (exact) mass is 270 g/mol. The van der Waals surface area contributed by atoms with Gasteiger partial charge in [-0.3, -0.25) is 4.98 Å². The summed E-state index contributed by atoms with van der Waals surface area (Å²) in [5.74, 6) is 0. The number of aliphatic hydroxyl groups is 1. The number of nitrogens with zero attached hydrogens (tertiary/aromatic N) is 2. The van der Waals surface area contributed by atoms with Crippen molar-refractivity contribution in [2.45, 2.75) is 37.3 Å². The standard InChI is InChI=1S/C17H22N2O/c1-19(2)17(10-3-4-11-17)16(20)14-7-5-9-15-13(14)8-6-12-18-15/h5-9,12,16,20H,3-4,10-11H2,1-2H3. The van der Waals surface area contributed by atoms with Gasteiger partial charge in [0.1, 0.15) is 0 Å². The van der Waals surface area contributed by atoms with Gasteiger partial charge in [0.25, 0.3) is 0 Å². The third kappa shape index (κ3) is 2.02. The fourth-order valence-electron chi connectivity index (χ4n) is 3.61. The molecule has 1 fully saturated rings. The maximum atomic E-state index is 11.1. The molecule has 1 atom stereocenters. The third-order valence-electron chi connectivity index (χ3n) is 4.84. The van der Waals surface area contributed by atoms with Gasteiger partial charge in [-0.15, -0.1) is 0 Å². The summed E-state index contributed by atoms with van der Waals surface area (Å²) in [6.07, 6.45) is 5.83. The summed E-state index contributed by atoms with van der Waals surface area (Å²) in [4.78, 5) is 6.60. The van der Waals surface area contributed by atoms with Crippen LogP contribution < -0.4 is 0 Å². The van der Waals surface area contributed by atoms with E-state index in [1.165, 1.54) is 12.8 Å². The molecular weight excluding hydrogens is 248 g/mol. The van der Waals surface area contributed by atoms with Crippen molar-refractivity contribution in [2.75, 3.05) is 14.1 Å². The third-order valence-corrected chi connectivity index (χ3v) is 4.84. The maximum absolute atomic E-state index is 11.1. The molecule has 0 spiro atoms. The van der Waals surface area contributed by atoms with Crippen LogP contribution in [0.3, 0.4) is 0 Å². The number of benzene rings is 1. The van der Waals surface area contributed by atoms with Crippen molar-refractivity contribution in [3.8, 4) is 0 Å². The first-order valence-corrected chi connectivity index (χ1v) is 7.34. The molecule has 3 nitrogen and oxygen atoms in total. The highest BCUT2D eigenvalue weighted by Gasteiger charge is 2.43. The number of aromatic nitrogens is 1. The van der Waals surface area contributed by atoms with Crippen LogP contribution in [0, 0.1) is 0 Å². The Kier molecular flexibility index (Phi) is 3.48. The molecule has 106 valence electrons. The molecule has 0 saturated heterocycles. The molecule has 1 N–H and O–H groups in total. The minimum atomic E-state index is -0.465. The minimum Gasteiger partial charge on any atom is -0.386 e. The molecule has 1 aliphatic carbocycles. The predicted octanol–water partition coefficient (Wildman–Crippen LogP) is 3.14. The SMILES string of the molecule is CN(C)C1(C(O)c2cccc3ncccc23)CCCC1. The second-order valence-corrected chi connectivity index (χ2v) is 6.02. The Morgan fingerprint density at radius 2 is 1.90 bits per heavy atom. The average molecular weight is 270 g/mol. The minimum absolute atomic E-state index is 0.135. The second kappa shape index (κ2) is 5.15. The van der Waals surface area contributed by atoms with Gasteiger partial charge in [-0.05, 0) is 44.6 Å². The molecule has 0 aliphatic heterocycles. The summed E-state index contributed by atoms with van der Waals surface area (Å²) in [5, 5.41) is 12.1. The fraction of sp³-hybridized carbons (Fsp3) is 0.471.